The molecule has 0 saturated carbocycles. The summed E-state index contributed by atoms with van der Waals surface area (Å²) in [6.07, 6.45) is 0. The third kappa shape index (κ3) is 3.35. The highest BCUT2D eigenvalue weighted by atomic mass is 35.5. The van der Waals surface area contributed by atoms with E-state index < -0.39 is 16.1 Å². The van der Waals surface area contributed by atoms with Crippen LogP contribution in [0.15, 0.2) is 23.1 Å². The van der Waals surface area contributed by atoms with Crippen molar-refractivity contribution >= 4 is 33.2 Å². The number of sulfonamides is 1. The maximum absolute atomic E-state index is 11.7. The van der Waals surface area contributed by atoms with Crippen molar-refractivity contribution in [2.45, 2.75) is 17.9 Å². The number of benzene rings is 1. The van der Waals surface area contributed by atoms with E-state index in [2.05, 4.69) is 4.72 Å². The van der Waals surface area contributed by atoms with E-state index in [1.165, 1.54) is 25.1 Å². The Labute approximate surface area is 104 Å². The lowest BCUT2D eigenvalue weighted by atomic mass is 10.4. The Bertz CT molecular complexity index is 517. The molecule has 1 aromatic rings. The minimum Gasteiger partial charge on any atom is -0.207 e. The molecule has 1 unspecified atom stereocenters. The number of nitrogens with one attached hydrogen (secondary N) is 1. The van der Waals surface area contributed by atoms with Gasteiger partial charge in [0.1, 0.15) is 6.04 Å². The molecule has 0 aliphatic heterocycles. The van der Waals surface area contributed by atoms with Crippen LogP contribution in [0.25, 0.3) is 0 Å². The zero-order chi connectivity index (χ0) is 12.3. The molecule has 0 aliphatic rings. The van der Waals surface area contributed by atoms with Crippen LogP contribution in [0.5, 0.6) is 0 Å². The second-order valence-electron chi connectivity index (χ2n) is 3.08. The van der Waals surface area contributed by atoms with E-state index in [1.54, 1.807) is 6.07 Å². The summed E-state index contributed by atoms with van der Waals surface area (Å²) in [7, 11) is -3.76. The first-order chi connectivity index (χ1) is 7.35. The Balaban J connectivity index is 3.13. The van der Waals surface area contributed by atoms with E-state index in [9.17, 15) is 8.42 Å². The fourth-order valence-electron chi connectivity index (χ4n) is 1.01. The molecule has 1 N–H and O–H groups in total. The molecule has 7 heteroatoms. The number of nitriles is 1. The Morgan fingerprint density at radius 2 is 1.81 bits per heavy atom. The fourth-order valence-corrected chi connectivity index (χ4v) is 2.88. The first-order valence-electron chi connectivity index (χ1n) is 4.23. The zero-order valence-corrected chi connectivity index (χ0v) is 10.6. The molecule has 0 spiro atoms. The van der Waals surface area contributed by atoms with Crippen molar-refractivity contribution in [1.82, 2.24) is 4.72 Å². The van der Waals surface area contributed by atoms with Gasteiger partial charge < -0.3 is 0 Å². The number of hydrogen-bond acceptors (Lipinski definition) is 3. The average molecular weight is 279 g/mol. The topological polar surface area (TPSA) is 70.0 Å². The second-order valence-corrected chi connectivity index (χ2v) is 5.66. The molecule has 0 amide bonds. The lowest BCUT2D eigenvalue weighted by Gasteiger charge is -2.08. The van der Waals surface area contributed by atoms with Gasteiger partial charge in [-0.2, -0.15) is 9.98 Å². The van der Waals surface area contributed by atoms with Gasteiger partial charge in [0.25, 0.3) is 0 Å². The average Bonchev–Trinajstić information content (AvgIpc) is 2.15. The summed E-state index contributed by atoms with van der Waals surface area (Å²) in [5.74, 6) is 0. The predicted molar refractivity (Wildman–Crippen MR) is 61.9 cm³/mol. The van der Waals surface area contributed by atoms with E-state index in [-0.39, 0.29) is 14.9 Å². The minimum atomic E-state index is -3.76. The molecule has 1 aromatic carbocycles. The lowest BCUT2D eigenvalue weighted by Crippen LogP contribution is -2.31. The maximum Gasteiger partial charge on any atom is 0.241 e. The van der Waals surface area contributed by atoms with Crippen LogP contribution in [0.1, 0.15) is 6.92 Å². The van der Waals surface area contributed by atoms with Crippen LogP contribution >= 0.6 is 23.2 Å². The summed E-state index contributed by atoms with van der Waals surface area (Å²) in [6.45, 7) is 1.43. The van der Waals surface area contributed by atoms with Gasteiger partial charge in [0.05, 0.1) is 11.0 Å². The van der Waals surface area contributed by atoms with Crippen LogP contribution in [0.2, 0.25) is 10.0 Å². The first kappa shape index (κ1) is 13.3. The molecule has 16 heavy (non-hydrogen) atoms. The van der Waals surface area contributed by atoms with Gasteiger partial charge in [-0.05, 0) is 25.1 Å². The van der Waals surface area contributed by atoms with Crippen LogP contribution in [0, 0.1) is 11.3 Å². The standard InChI is InChI=1S/C9H8Cl2N2O2S/c1-6(5-12)13-16(14,15)9-3-7(10)2-8(11)4-9/h2-4,6,13H,1H3. The van der Waals surface area contributed by atoms with Gasteiger partial charge in [-0.25, -0.2) is 8.42 Å². The Morgan fingerprint density at radius 1 is 1.31 bits per heavy atom. The molecule has 0 radical (unpaired) electrons. The normalized spacial score (nSPS) is 13.1. The van der Waals surface area contributed by atoms with Crippen molar-refractivity contribution in [3.05, 3.63) is 28.2 Å². The van der Waals surface area contributed by atoms with Gasteiger partial charge >= 0.3 is 0 Å². The Hall–Kier alpha value is -0.800. The van der Waals surface area contributed by atoms with E-state index in [0.29, 0.717) is 0 Å². The highest BCUT2D eigenvalue weighted by molar-refractivity contribution is 7.89. The van der Waals surface area contributed by atoms with Crippen LogP contribution in [0.3, 0.4) is 0 Å². The molecule has 0 aromatic heterocycles. The van der Waals surface area contributed by atoms with Crippen LogP contribution in [-0.2, 0) is 10.0 Å². The maximum atomic E-state index is 11.7. The quantitative estimate of drug-likeness (QED) is 0.921. The molecule has 1 rings (SSSR count). The molecule has 0 bridgehead atoms. The molecule has 86 valence electrons. The van der Waals surface area contributed by atoms with E-state index in [4.69, 9.17) is 28.5 Å². The van der Waals surface area contributed by atoms with E-state index in [0.717, 1.165) is 0 Å². The Kier molecular flexibility index (Phi) is 4.16. The smallest absolute Gasteiger partial charge is 0.207 e. The fraction of sp³-hybridized carbons (Fsp3) is 0.222. The summed E-state index contributed by atoms with van der Waals surface area (Å²) >= 11 is 11.4. The van der Waals surface area contributed by atoms with Gasteiger partial charge in [-0.3, -0.25) is 0 Å². The second kappa shape index (κ2) is 5.02. The number of hydrogen-bond donors (Lipinski definition) is 1. The summed E-state index contributed by atoms with van der Waals surface area (Å²) in [5.41, 5.74) is 0. The lowest BCUT2D eigenvalue weighted by molar-refractivity contribution is 0.577. The van der Waals surface area contributed by atoms with Crippen molar-refractivity contribution in [2.75, 3.05) is 0 Å². The zero-order valence-electron chi connectivity index (χ0n) is 8.24. The van der Waals surface area contributed by atoms with Crippen LogP contribution in [-0.4, -0.2) is 14.5 Å². The van der Waals surface area contributed by atoms with E-state index in [1.807, 2.05) is 0 Å². The minimum absolute atomic E-state index is 0.0629. The van der Waals surface area contributed by atoms with Crippen molar-refractivity contribution < 1.29 is 8.42 Å². The molecular weight excluding hydrogens is 271 g/mol. The summed E-state index contributed by atoms with van der Waals surface area (Å²) in [6, 6.07) is 4.90. The molecule has 0 fully saturated rings. The van der Waals surface area contributed by atoms with Gasteiger partial charge in [0.15, 0.2) is 0 Å². The highest BCUT2D eigenvalue weighted by Crippen LogP contribution is 2.22. The van der Waals surface area contributed by atoms with Crippen molar-refractivity contribution in [1.29, 1.82) is 5.26 Å². The molecule has 0 heterocycles. The molecular formula is C9H8Cl2N2O2S. The summed E-state index contributed by atoms with van der Waals surface area (Å²) < 4.78 is 25.6. The molecule has 0 aliphatic carbocycles. The third-order valence-electron chi connectivity index (χ3n) is 1.67. The SMILES string of the molecule is CC(C#N)NS(=O)(=O)c1cc(Cl)cc(Cl)c1. The van der Waals surface area contributed by atoms with Crippen molar-refractivity contribution in [2.24, 2.45) is 0 Å². The number of rotatable bonds is 3. The van der Waals surface area contributed by atoms with Gasteiger partial charge in [-0.15, -0.1) is 0 Å². The van der Waals surface area contributed by atoms with Crippen LogP contribution < -0.4 is 4.72 Å². The molecule has 0 saturated heterocycles. The highest BCUT2D eigenvalue weighted by Gasteiger charge is 2.18. The predicted octanol–water partition coefficient (Wildman–Crippen LogP) is 2.18. The third-order valence-corrected chi connectivity index (χ3v) is 3.63. The largest absolute Gasteiger partial charge is 0.241 e. The monoisotopic (exact) mass is 278 g/mol. The van der Waals surface area contributed by atoms with Gasteiger partial charge in [0, 0.05) is 10.0 Å². The summed E-state index contributed by atoms with van der Waals surface area (Å²) in [5, 5.41) is 8.96. The Morgan fingerprint density at radius 3 is 2.25 bits per heavy atom. The van der Waals surface area contributed by atoms with Gasteiger partial charge in [-0.1, -0.05) is 23.2 Å². The summed E-state index contributed by atoms with van der Waals surface area (Å²) in [4.78, 5) is -0.0629. The first-order valence-corrected chi connectivity index (χ1v) is 6.47. The molecule has 1 atom stereocenters. The van der Waals surface area contributed by atoms with Crippen molar-refractivity contribution in [3.63, 3.8) is 0 Å². The van der Waals surface area contributed by atoms with E-state index >= 15 is 0 Å². The number of nitrogens with zero attached hydrogens (tertiary/aromatic N) is 1. The van der Waals surface area contributed by atoms with Gasteiger partial charge in [0.2, 0.25) is 10.0 Å². The van der Waals surface area contributed by atoms with Crippen LogP contribution in [0.4, 0.5) is 0 Å². The number of halogens is 2. The molecule has 4 nitrogen and oxygen atoms in total. The van der Waals surface area contributed by atoms with Crippen molar-refractivity contribution in [3.8, 4) is 6.07 Å².